The molecule has 0 aliphatic carbocycles. The lowest BCUT2D eigenvalue weighted by molar-refractivity contribution is -0.408. The van der Waals surface area contributed by atoms with Crippen LogP contribution in [0.2, 0.25) is 0 Å². The molecule has 5 rings (SSSR count). The maximum absolute atomic E-state index is 14.7. The Labute approximate surface area is 370 Å². The summed E-state index contributed by atoms with van der Waals surface area (Å²) in [5.74, 6) is -5.56. The summed E-state index contributed by atoms with van der Waals surface area (Å²) in [6.07, 6.45) is 6.00. The van der Waals surface area contributed by atoms with Crippen LogP contribution in [0.1, 0.15) is 133 Å². The van der Waals surface area contributed by atoms with Gasteiger partial charge < -0.3 is 53.8 Å². The fraction of sp³-hybridized carbons (Fsp3) is 0.854. The van der Waals surface area contributed by atoms with Crippen LogP contribution in [0.15, 0.2) is 24.8 Å². The van der Waals surface area contributed by atoms with E-state index in [2.05, 4.69) is 25.7 Å². The molecule has 18 atom stereocenters. The van der Waals surface area contributed by atoms with Gasteiger partial charge in [-0.1, -0.05) is 68.0 Å². The highest BCUT2D eigenvalue weighted by Gasteiger charge is 2.64. The average molecular weight is 878 g/mol. The Balaban J connectivity index is 1.37. The van der Waals surface area contributed by atoms with Gasteiger partial charge in [0.25, 0.3) is 0 Å². The fourth-order valence-electron chi connectivity index (χ4n) is 11.2. The number of rotatable bonds is 17. The van der Waals surface area contributed by atoms with Crippen molar-refractivity contribution in [2.45, 2.75) is 199 Å². The van der Waals surface area contributed by atoms with Gasteiger partial charge in [-0.05, 0) is 95.6 Å². The van der Waals surface area contributed by atoms with E-state index >= 15 is 0 Å². The number of hydrogen-bond donors (Lipinski definition) is 4. The zero-order valence-corrected chi connectivity index (χ0v) is 39.1. The average Bonchev–Trinajstić information content (AvgIpc) is 3.59. The number of ketones is 1. The lowest BCUT2D eigenvalue weighted by Gasteiger charge is -2.54. The Morgan fingerprint density at radius 2 is 1.66 bits per heavy atom. The van der Waals surface area contributed by atoms with Gasteiger partial charge in [-0.3, -0.25) is 9.59 Å². The zero-order chi connectivity index (χ0) is 45.8. The molecule has 0 bridgehead atoms. The minimum absolute atomic E-state index is 0.0111. The van der Waals surface area contributed by atoms with Crippen LogP contribution in [-0.2, 0) is 42.7 Å². The maximum atomic E-state index is 14.7. The Hall–Kier alpha value is -2.43. The topological polar surface area (TPSA) is 189 Å². The number of esters is 1. The molecule has 0 aromatic heterocycles. The van der Waals surface area contributed by atoms with Gasteiger partial charge in [0.05, 0.1) is 60.4 Å². The predicted molar refractivity (Wildman–Crippen MR) is 232 cm³/mol. The molecule has 14 nitrogen and oxygen atoms in total. The first kappa shape index (κ1) is 50.6. The van der Waals surface area contributed by atoms with E-state index in [1.165, 1.54) is 0 Å². The quantitative estimate of drug-likeness (QED) is 0.0910. The molecule has 5 aliphatic heterocycles. The molecule has 0 unspecified atom stereocenters. The van der Waals surface area contributed by atoms with Crippen molar-refractivity contribution in [3.8, 4) is 0 Å². The van der Waals surface area contributed by atoms with E-state index in [0.29, 0.717) is 57.8 Å². The molecule has 4 saturated heterocycles. The summed E-state index contributed by atoms with van der Waals surface area (Å²) in [4.78, 5) is 40.6. The summed E-state index contributed by atoms with van der Waals surface area (Å²) < 4.78 is 45.7. The van der Waals surface area contributed by atoms with Crippen LogP contribution in [0.5, 0.6) is 0 Å². The second-order valence-electron chi connectivity index (χ2n) is 19.5. The molecule has 2 spiro atoms. The number of carbonyl (C=O) groups excluding carboxylic acids is 3. The molecular weight excluding hydrogens is 799 g/mol. The van der Waals surface area contributed by atoms with Gasteiger partial charge in [-0.2, -0.15) is 0 Å². The van der Waals surface area contributed by atoms with Crippen molar-refractivity contribution in [3.63, 3.8) is 0 Å². The number of ether oxygens (including phenoxy) is 7. The molecule has 0 saturated carbocycles. The van der Waals surface area contributed by atoms with Gasteiger partial charge in [0.15, 0.2) is 11.9 Å². The van der Waals surface area contributed by atoms with Crippen molar-refractivity contribution in [1.82, 2.24) is 5.32 Å². The molecule has 0 aromatic rings. The van der Waals surface area contributed by atoms with Crippen LogP contribution in [0, 0.1) is 41.4 Å². The fourth-order valence-corrected chi connectivity index (χ4v) is 11.2. The molecule has 14 heteroatoms. The molecule has 0 radical (unpaired) electrons. The van der Waals surface area contributed by atoms with Crippen molar-refractivity contribution < 1.29 is 62.9 Å². The van der Waals surface area contributed by atoms with Crippen LogP contribution >= 0.6 is 0 Å². The Kier molecular flexibility index (Phi) is 17.0. The van der Waals surface area contributed by atoms with E-state index in [0.717, 1.165) is 6.42 Å². The van der Waals surface area contributed by atoms with E-state index in [1.807, 2.05) is 48.5 Å². The van der Waals surface area contributed by atoms with Crippen molar-refractivity contribution in [1.29, 1.82) is 0 Å². The number of amides is 1. The number of nitrogens with one attached hydrogen (secondary N) is 1. The first-order valence-corrected chi connectivity index (χ1v) is 23.6. The molecule has 4 fully saturated rings. The van der Waals surface area contributed by atoms with E-state index in [1.54, 1.807) is 25.2 Å². The minimum Gasteiger partial charge on any atom is -0.461 e. The second kappa shape index (κ2) is 20.8. The third-order valence-corrected chi connectivity index (χ3v) is 15.4. The van der Waals surface area contributed by atoms with E-state index in [-0.39, 0.29) is 67.6 Å². The van der Waals surface area contributed by atoms with Crippen molar-refractivity contribution >= 4 is 17.8 Å². The first-order chi connectivity index (χ1) is 29.3. The Bertz CT molecular complexity index is 1580. The van der Waals surface area contributed by atoms with Gasteiger partial charge in [-0.25, -0.2) is 4.79 Å². The first-order valence-electron chi connectivity index (χ1n) is 23.6. The lowest BCUT2D eigenvalue weighted by Crippen LogP contribution is -2.63. The third-order valence-electron chi connectivity index (χ3n) is 15.4. The number of Topliss-reactive ketones (excluding diaryl/α,β-unsaturated/α-hetero) is 1. The smallest absolute Gasteiger partial charge is 0.408 e. The maximum Gasteiger partial charge on any atom is 0.408 e. The van der Waals surface area contributed by atoms with Crippen molar-refractivity contribution in [2.75, 3.05) is 19.8 Å². The SMILES string of the molecule is C=CCOC(=O)[C@H](CC)[C@H]1CC[C@H](C)[C@H]([C@@H](C)[C@H](O)[C@H](C)C(=O)[C@H](CC)[C@H]2O[C@]3(C=C[C@@H](OC(=O)NCCO)[C@]4(CC[C@@](C)([C@H]5CC[C@](O)(CC)[C@H](C)O5)O4)O3)[C@H](C)C[C@@H]2C)O1. The van der Waals surface area contributed by atoms with Crippen molar-refractivity contribution in [2.24, 2.45) is 41.4 Å². The Morgan fingerprint density at radius 1 is 0.952 bits per heavy atom. The van der Waals surface area contributed by atoms with Gasteiger partial charge in [0, 0.05) is 36.6 Å². The molecule has 1 amide bonds. The van der Waals surface area contributed by atoms with Crippen LogP contribution in [0.3, 0.4) is 0 Å². The number of hydrogen-bond acceptors (Lipinski definition) is 13. The standard InChI is InChI=1S/C48H79NO13/c1-12-26-56-43(53)34(13-2)36-17-16-28(5)41(58-36)32(9)39(51)31(8)40(52)35(14-3)42-29(6)27-30(7)47(60-42)21-19-38(59-44(54)49-24-25-50)48(62-47)23-22-45(11,61-48)37-18-20-46(55,15-4)33(10)57-37/h12,19,21,28-39,41-42,50-51,55H,1,13-18,20,22-27H2,2-11H3,(H,49,54)/t28-,29-,30+,31-,32-,33-,34+,35-,36+,37+,38+,39+,41+,42-,45-,46+,47-,48-/m0/s1. The number of alkyl carbamates (subject to hydrolysis) is 1. The summed E-state index contributed by atoms with van der Waals surface area (Å²) in [5.41, 5.74) is -1.80. The van der Waals surface area contributed by atoms with Crippen LogP contribution in [0.4, 0.5) is 4.79 Å². The van der Waals surface area contributed by atoms with Crippen molar-refractivity contribution in [3.05, 3.63) is 24.8 Å². The third kappa shape index (κ3) is 10.3. The molecule has 0 aromatic carbocycles. The predicted octanol–water partition coefficient (Wildman–Crippen LogP) is 6.56. The molecular formula is C48H79NO13. The zero-order valence-electron chi connectivity index (χ0n) is 39.1. The van der Waals surface area contributed by atoms with Gasteiger partial charge in [0.2, 0.25) is 5.79 Å². The molecule has 4 N–H and O–H groups in total. The highest BCUT2D eigenvalue weighted by atomic mass is 16.8. The summed E-state index contributed by atoms with van der Waals surface area (Å²) in [6, 6.07) is 0. The summed E-state index contributed by atoms with van der Waals surface area (Å²) in [7, 11) is 0. The highest BCUT2D eigenvalue weighted by Crippen LogP contribution is 2.54. The van der Waals surface area contributed by atoms with E-state index < -0.39 is 77.0 Å². The lowest BCUT2D eigenvalue weighted by atomic mass is 9.72. The van der Waals surface area contributed by atoms with Gasteiger partial charge in [-0.15, -0.1) is 0 Å². The van der Waals surface area contributed by atoms with Crippen LogP contribution in [-0.4, -0.2) is 118 Å². The van der Waals surface area contributed by atoms with Gasteiger partial charge >= 0.3 is 12.1 Å². The van der Waals surface area contributed by atoms with E-state index in [9.17, 15) is 29.7 Å². The van der Waals surface area contributed by atoms with Crippen LogP contribution < -0.4 is 5.32 Å². The Morgan fingerprint density at radius 3 is 2.29 bits per heavy atom. The summed E-state index contributed by atoms with van der Waals surface area (Å²) >= 11 is 0. The minimum atomic E-state index is -1.48. The number of aliphatic hydroxyl groups excluding tert-OH is 2. The molecule has 62 heavy (non-hydrogen) atoms. The van der Waals surface area contributed by atoms with Gasteiger partial charge in [0.1, 0.15) is 12.4 Å². The molecule has 354 valence electrons. The molecule has 5 aliphatic rings. The van der Waals surface area contributed by atoms with E-state index in [4.69, 9.17) is 33.2 Å². The largest absolute Gasteiger partial charge is 0.461 e. The molecule has 5 heterocycles. The normalized spacial score (nSPS) is 40.9. The van der Waals surface area contributed by atoms with Crippen LogP contribution in [0.25, 0.3) is 0 Å². The second-order valence-corrected chi connectivity index (χ2v) is 19.5. The summed E-state index contributed by atoms with van der Waals surface area (Å²) in [5, 5.41) is 35.0. The highest BCUT2D eigenvalue weighted by molar-refractivity contribution is 5.84. The number of carbonyl (C=O) groups is 3. The summed E-state index contributed by atoms with van der Waals surface area (Å²) in [6.45, 7) is 23.2. The number of aliphatic hydroxyl groups is 3. The monoisotopic (exact) mass is 878 g/mol.